The summed E-state index contributed by atoms with van der Waals surface area (Å²) < 4.78 is 5.34. The van der Waals surface area contributed by atoms with Gasteiger partial charge in [-0.2, -0.15) is 0 Å². The highest BCUT2D eigenvalue weighted by molar-refractivity contribution is 7.15. The lowest BCUT2D eigenvalue weighted by molar-refractivity contribution is -0.144. The van der Waals surface area contributed by atoms with Crippen molar-refractivity contribution in [2.45, 2.75) is 30.8 Å². The van der Waals surface area contributed by atoms with E-state index in [1.165, 1.54) is 16.2 Å². The lowest BCUT2D eigenvalue weighted by Crippen LogP contribution is -2.35. The number of nitrogens with two attached hydrogens (primary N) is 1. The molecule has 2 aromatic heterocycles. The number of nitrogens with zero attached hydrogens (tertiary/aromatic N) is 3. The summed E-state index contributed by atoms with van der Waals surface area (Å²) in [5, 5.41) is 15.5. The van der Waals surface area contributed by atoms with Gasteiger partial charge >= 0.3 is 0 Å². The smallest absolute Gasteiger partial charge is 0.268 e. The Labute approximate surface area is 176 Å². The molecule has 154 valence electrons. The normalized spacial score (nSPS) is 21.4. The maximum Gasteiger partial charge on any atom is 0.268 e. The van der Waals surface area contributed by atoms with Crippen molar-refractivity contribution in [3.8, 4) is 21.8 Å². The number of thiazole rings is 1. The third-order valence-corrected chi connectivity index (χ3v) is 6.93. The fourth-order valence-electron chi connectivity index (χ4n) is 3.75. The molecule has 5 rings (SSSR count). The number of aliphatic hydroxyl groups is 1. The summed E-state index contributed by atoms with van der Waals surface area (Å²) >= 11 is 1.49. The maximum absolute atomic E-state index is 12.3. The fourth-order valence-corrected chi connectivity index (χ4v) is 4.99. The van der Waals surface area contributed by atoms with Gasteiger partial charge in [-0.3, -0.25) is 9.59 Å². The third-order valence-electron chi connectivity index (χ3n) is 5.67. The molecule has 0 spiro atoms. The van der Waals surface area contributed by atoms with E-state index in [9.17, 15) is 14.7 Å². The number of rotatable bonds is 5. The third kappa shape index (κ3) is 3.01. The molecule has 2 amide bonds. The van der Waals surface area contributed by atoms with Crippen LogP contribution in [0, 0.1) is 0 Å². The summed E-state index contributed by atoms with van der Waals surface area (Å²) in [5.41, 5.74) is 6.31. The predicted octanol–water partition coefficient (Wildman–Crippen LogP) is 2.49. The SMILES string of the molecule is CN1CC[C@@](O)(c2cc(-c3cccc(-c4nc(C(N)=O)c(C5CC5)s4)c3)no2)C1=O. The minimum absolute atomic E-state index is 0.138. The van der Waals surface area contributed by atoms with Crippen LogP contribution in [0.2, 0.25) is 0 Å². The van der Waals surface area contributed by atoms with Crippen LogP contribution in [0.5, 0.6) is 0 Å². The topological polar surface area (TPSA) is 123 Å². The number of likely N-dealkylation sites (tertiary alicyclic amines) is 1. The number of primary amides is 1. The van der Waals surface area contributed by atoms with Gasteiger partial charge in [-0.05, 0) is 24.8 Å². The molecule has 2 fully saturated rings. The van der Waals surface area contributed by atoms with Crippen molar-refractivity contribution in [2.24, 2.45) is 5.73 Å². The van der Waals surface area contributed by atoms with Gasteiger partial charge in [0, 0.05) is 42.1 Å². The van der Waals surface area contributed by atoms with Gasteiger partial charge in [-0.15, -0.1) is 11.3 Å². The van der Waals surface area contributed by atoms with E-state index in [2.05, 4.69) is 10.1 Å². The minimum atomic E-state index is -1.68. The Morgan fingerprint density at radius 2 is 2.10 bits per heavy atom. The van der Waals surface area contributed by atoms with Gasteiger partial charge in [0.1, 0.15) is 16.4 Å². The molecule has 9 heteroatoms. The molecular weight excluding hydrogens is 404 g/mol. The number of benzene rings is 1. The molecule has 2 aliphatic rings. The van der Waals surface area contributed by atoms with E-state index in [1.807, 2.05) is 24.3 Å². The van der Waals surface area contributed by atoms with Gasteiger partial charge in [0.2, 0.25) is 5.60 Å². The number of likely N-dealkylation sites (N-methyl/N-ethyl adjacent to an activating group) is 1. The van der Waals surface area contributed by atoms with Crippen LogP contribution < -0.4 is 5.73 Å². The largest absolute Gasteiger partial charge is 0.373 e. The van der Waals surface area contributed by atoms with E-state index in [4.69, 9.17) is 10.3 Å². The zero-order valence-electron chi connectivity index (χ0n) is 16.3. The molecule has 3 aromatic rings. The number of carbonyl (C=O) groups is 2. The van der Waals surface area contributed by atoms with Crippen molar-refractivity contribution in [1.29, 1.82) is 0 Å². The molecule has 3 heterocycles. The zero-order chi connectivity index (χ0) is 21.0. The Hall–Kier alpha value is -3.04. The van der Waals surface area contributed by atoms with Crippen molar-refractivity contribution < 1.29 is 19.2 Å². The first-order chi connectivity index (χ1) is 14.4. The monoisotopic (exact) mass is 424 g/mol. The Kier molecular flexibility index (Phi) is 4.26. The Morgan fingerprint density at radius 3 is 2.77 bits per heavy atom. The summed E-state index contributed by atoms with van der Waals surface area (Å²) in [4.78, 5) is 31.0. The Morgan fingerprint density at radius 1 is 1.33 bits per heavy atom. The molecule has 8 nitrogen and oxygen atoms in total. The van der Waals surface area contributed by atoms with E-state index in [0.717, 1.165) is 33.9 Å². The first-order valence-electron chi connectivity index (χ1n) is 9.73. The number of carbonyl (C=O) groups excluding carboxylic acids is 2. The van der Waals surface area contributed by atoms with E-state index in [0.29, 0.717) is 23.9 Å². The standard InChI is InChI=1S/C21H20N4O4S/c1-25-8-7-21(28,20(25)27)15-10-14(24-29-15)12-3-2-4-13(9-12)19-23-16(18(22)26)17(30-19)11-5-6-11/h2-4,9-11,28H,5-8H2,1H3,(H2,22,26)/t21-/m1/s1. The zero-order valence-corrected chi connectivity index (χ0v) is 17.1. The summed E-state index contributed by atoms with van der Waals surface area (Å²) in [6.07, 6.45) is 2.37. The van der Waals surface area contributed by atoms with Crippen LogP contribution in [0.25, 0.3) is 21.8 Å². The molecule has 1 aliphatic carbocycles. The van der Waals surface area contributed by atoms with Crippen LogP contribution in [0.1, 0.15) is 46.3 Å². The lowest BCUT2D eigenvalue weighted by Gasteiger charge is -2.16. The second-order valence-corrected chi connectivity index (χ2v) is 8.90. The van der Waals surface area contributed by atoms with Crippen LogP contribution in [-0.2, 0) is 10.4 Å². The van der Waals surface area contributed by atoms with Crippen molar-refractivity contribution in [3.63, 3.8) is 0 Å². The highest BCUT2D eigenvalue weighted by Gasteiger charge is 2.48. The number of amides is 2. The summed E-state index contributed by atoms with van der Waals surface area (Å²) in [7, 11) is 1.64. The van der Waals surface area contributed by atoms with E-state index in [-0.39, 0.29) is 12.2 Å². The molecule has 1 aromatic carbocycles. The maximum atomic E-state index is 12.3. The van der Waals surface area contributed by atoms with E-state index < -0.39 is 17.4 Å². The van der Waals surface area contributed by atoms with Crippen LogP contribution in [0.3, 0.4) is 0 Å². The van der Waals surface area contributed by atoms with Crippen molar-refractivity contribution in [1.82, 2.24) is 15.0 Å². The quantitative estimate of drug-likeness (QED) is 0.649. The number of hydrogen-bond donors (Lipinski definition) is 2. The van der Waals surface area contributed by atoms with Crippen molar-refractivity contribution in [2.75, 3.05) is 13.6 Å². The predicted molar refractivity (Wildman–Crippen MR) is 110 cm³/mol. The van der Waals surface area contributed by atoms with Crippen LogP contribution in [0.15, 0.2) is 34.9 Å². The van der Waals surface area contributed by atoms with Crippen LogP contribution >= 0.6 is 11.3 Å². The second-order valence-electron chi connectivity index (χ2n) is 7.86. The Balaban J connectivity index is 1.48. The average molecular weight is 424 g/mol. The Bertz CT molecular complexity index is 1170. The molecule has 1 saturated carbocycles. The summed E-state index contributed by atoms with van der Waals surface area (Å²) in [6, 6.07) is 9.14. The molecule has 1 saturated heterocycles. The van der Waals surface area contributed by atoms with Gasteiger partial charge in [0.25, 0.3) is 11.8 Å². The van der Waals surface area contributed by atoms with Gasteiger partial charge in [-0.1, -0.05) is 23.4 Å². The first kappa shape index (κ1) is 19.0. The molecule has 1 aliphatic heterocycles. The lowest BCUT2D eigenvalue weighted by atomic mass is 9.98. The van der Waals surface area contributed by atoms with Crippen molar-refractivity contribution >= 4 is 23.2 Å². The van der Waals surface area contributed by atoms with Crippen molar-refractivity contribution in [3.05, 3.63) is 46.7 Å². The number of hydrogen-bond acceptors (Lipinski definition) is 7. The second kappa shape index (κ2) is 6.75. The molecule has 0 bridgehead atoms. The van der Waals surface area contributed by atoms with Gasteiger partial charge in [0.15, 0.2) is 5.76 Å². The molecule has 0 radical (unpaired) electrons. The molecule has 30 heavy (non-hydrogen) atoms. The highest BCUT2D eigenvalue weighted by Crippen LogP contribution is 2.46. The summed E-state index contributed by atoms with van der Waals surface area (Å²) in [5.74, 6) is -0.383. The van der Waals surface area contributed by atoms with Crippen LogP contribution in [-0.4, -0.2) is 45.6 Å². The highest BCUT2D eigenvalue weighted by atomic mass is 32.1. The molecule has 0 unspecified atom stereocenters. The fraction of sp³-hybridized carbons (Fsp3) is 0.333. The van der Waals surface area contributed by atoms with Gasteiger partial charge in [0.05, 0.1) is 0 Å². The molecular formula is C21H20N4O4S. The average Bonchev–Trinajstić information content (AvgIpc) is 3.19. The van der Waals surface area contributed by atoms with E-state index >= 15 is 0 Å². The number of aromatic nitrogens is 2. The van der Waals surface area contributed by atoms with E-state index in [1.54, 1.807) is 13.1 Å². The van der Waals surface area contributed by atoms with Gasteiger partial charge < -0.3 is 20.3 Å². The molecule has 3 N–H and O–H groups in total. The van der Waals surface area contributed by atoms with Crippen LogP contribution in [0.4, 0.5) is 0 Å². The van der Waals surface area contributed by atoms with Gasteiger partial charge in [-0.25, -0.2) is 4.98 Å². The minimum Gasteiger partial charge on any atom is -0.373 e. The molecule has 1 atom stereocenters. The summed E-state index contributed by atoms with van der Waals surface area (Å²) in [6.45, 7) is 0.455. The first-order valence-corrected chi connectivity index (χ1v) is 10.5.